The van der Waals surface area contributed by atoms with Crippen LogP contribution in [-0.4, -0.2) is 19.2 Å². The Morgan fingerprint density at radius 1 is 1.50 bits per heavy atom. The SMILES string of the molecule is O=S(=O)(CC1CCC1)c1cc(Br)cnc1Cl. The lowest BCUT2D eigenvalue weighted by molar-refractivity contribution is 0.347. The first-order valence-corrected chi connectivity index (χ1v) is 7.85. The average molecular weight is 325 g/mol. The van der Waals surface area contributed by atoms with Crippen LogP contribution < -0.4 is 0 Å². The zero-order chi connectivity index (χ0) is 11.8. The molecule has 1 aromatic heterocycles. The monoisotopic (exact) mass is 323 g/mol. The van der Waals surface area contributed by atoms with E-state index in [-0.39, 0.29) is 15.8 Å². The second-order valence-electron chi connectivity index (χ2n) is 4.02. The molecular formula is C10H11BrClNO2S. The molecule has 1 aliphatic rings. The van der Waals surface area contributed by atoms with Gasteiger partial charge in [0.1, 0.15) is 10.0 Å². The summed E-state index contributed by atoms with van der Waals surface area (Å²) in [6.45, 7) is 0. The molecule has 0 bridgehead atoms. The molecule has 3 nitrogen and oxygen atoms in total. The molecular weight excluding hydrogens is 314 g/mol. The number of hydrogen-bond acceptors (Lipinski definition) is 3. The van der Waals surface area contributed by atoms with Gasteiger partial charge in [0, 0.05) is 10.7 Å². The first kappa shape index (κ1) is 12.3. The normalized spacial score (nSPS) is 17.1. The molecule has 6 heteroatoms. The molecule has 0 atom stereocenters. The van der Waals surface area contributed by atoms with Crippen LogP contribution >= 0.6 is 27.5 Å². The van der Waals surface area contributed by atoms with Gasteiger partial charge >= 0.3 is 0 Å². The van der Waals surface area contributed by atoms with Crippen molar-refractivity contribution in [2.75, 3.05) is 5.75 Å². The Morgan fingerprint density at radius 2 is 2.19 bits per heavy atom. The van der Waals surface area contributed by atoms with Crippen molar-refractivity contribution >= 4 is 37.4 Å². The van der Waals surface area contributed by atoms with Gasteiger partial charge in [-0.15, -0.1) is 0 Å². The Hall–Kier alpha value is -0.130. The minimum atomic E-state index is -3.30. The van der Waals surface area contributed by atoms with E-state index >= 15 is 0 Å². The lowest BCUT2D eigenvalue weighted by Crippen LogP contribution is -2.22. The highest BCUT2D eigenvalue weighted by atomic mass is 79.9. The molecule has 0 spiro atoms. The van der Waals surface area contributed by atoms with Gasteiger partial charge in [0.05, 0.1) is 5.75 Å². The van der Waals surface area contributed by atoms with Crippen molar-refractivity contribution in [2.24, 2.45) is 5.92 Å². The third-order valence-electron chi connectivity index (χ3n) is 2.79. The lowest BCUT2D eigenvalue weighted by atomic mass is 9.87. The van der Waals surface area contributed by atoms with E-state index in [4.69, 9.17) is 11.6 Å². The van der Waals surface area contributed by atoms with Crippen LogP contribution in [0.15, 0.2) is 21.6 Å². The molecule has 0 radical (unpaired) electrons. The maximum atomic E-state index is 12.1. The molecule has 0 unspecified atom stereocenters. The van der Waals surface area contributed by atoms with Crippen molar-refractivity contribution in [1.29, 1.82) is 0 Å². The van der Waals surface area contributed by atoms with Gasteiger partial charge in [0.25, 0.3) is 0 Å². The summed E-state index contributed by atoms with van der Waals surface area (Å²) < 4.78 is 24.8. The number of nitrogens with zero attached hydrogens (tertiary/aromatic N) is 1. The first-order chi connectivity index (χ1) is 7.49. The summed E-state index contributed by atoms with van der Waals surface area (Å²) in [5.41, 5.74) is 0. The summed E-state index contributed by atoms with van der Waals surface area (Å²) >= 11 is 9.01. The van der Waals surface area contributed by atoms with Crippen LogP contribution in [0.4, 0.5) is 0 Å². The van der Waals surface area contributed by atoms with Crippen molar-refractivity contribution in [3.05, 3.63) is 21.9 Å². The Labute approximate surface area is 108 Å². The molecule has 2 rings (SSSR count). The topological polar surface area (TPSA) is 47.0 Å². The summed E-state index contributed by atoms with van der Waals surface area (Å²) in [5, 5.41) is 0.0579. The van der Waals surface area contributed by atoms with Gasteiger partial charge in [0.2, 0.25) is 0 Å². The second-order valence-corrected chi connectivity index (χ2v) is 7.30. The summed E-state index contributed by atoms with van der Waals surface area (Å²) in [7, 11) is -3.30. The smallest absolute Gasteiger partial charge is 0.181 e. The molecule has 0 aromatic carbocycles. The Kier molecular flexibility index (Phi) is 3.56. The van der Waals surface area contributed by atoms with Crippen LogP contribution in [0.1, 0.15) is 19.3 Å². The van der Waals surface area contributed by atoms with Crippen molar-refractivity contribution in [2.45, 2.75) is 24.2 Å². The number of sulfone groups is 1. The van der Waals surface area contributed by atoms with Gasteiger partial charge in [-0.25, -0.2) is 13.4 Å². The average Bonchev–Trinajstić information content (AvgIpc) is 2.16. The Bertz CT molecular complexity index is 500. The zero-order valence-electron chi connectivity index (χ0n) is 8.49. The standard InChI is InChI=1S/C10H11BrClNO2S/c11-8-4-9(10(12)13-5-8)16(14,15)6-7-2-1-3-7/h4-5,7H,1-3,6H2. The van der Waals surface area contributed by atoms with Crippen molar-refractivity contribution in [1.82, 2.24) is 4.98 Å². The number of hydrogen-bond donors (Lipinski definition) is 0. The van der Waals surface area contributed by atoms with E-state index in [9.17, 15) is 8.42 Å². The number of pyridine rings is 1. The van der Waals surface area contributed by atoms with Gasteiger partial charge in [-0.05, 0) is 40.8 Å². The van der Waals surface area contributed by atoms with Crippen LogP contribution in [0.2, 0.25) is 5.15 Å². The molecule has 1 aromatic rings. The van der Waals surface area contributed by atoms with Crippen LogP contribution in [-0.2, 0) is 9.84 Å². The summed E-state index contributed by atoms with van der Waals surface area (Å²) in [6, 6.07) is 1.52. The van der Waals surface area contributed by atoms with Gasteiger partial charge in [-0.1, -0.05) is 18.0 Å². The molecule has 0 saturated heterocycles. The third kappa shape index (κ3) is 2.57. The Morgan fingerprint density at radius 3 is 2.75 bits per heavy atom. The predicted molar refractivity (Wildman–Crippen MR) is 66.3 cm³/mol. The number of aromatic nitrogens is 1. The molecule has 0 N–H and O–H groups in total. The van der Waals surface area contributed by atoms with Gasteiger partial charge in [-0.2, -0.15) is 0 Å². The zero-order valence-corrected chi connectivity index (χ0v) is 11.6. The fraction of sp³-hybridized carbons (Fsp3) is 0.500. The molecule has 1 heterocycles. The molecule has 1 aliphatic carbocycles. The Balaban J connectivity index is 2.30. The van der Waals surface area contributed by atoms with E-state index in [0.717, 1.165) is 19.3 Å². The quantitative estimate of drug-likeness (QED) is 0.803. The van der Waals surface area contributed by atoms with Crippen LogP contribution in [0.5, 0.6) is 0 Å². The first-order valence-electron chi connectivity index (χ1n) is 5.03. The van der Waals surface area contributed by atoms with Crippen molar-refractivity contribution in [3.63, 3.8) is 0 Å². The fourth-order valence-corrected chi connectivity index (χ4v) is 4.37. The van der Waals surface area contributed by atoms with Crippen LogP contribution in [0.25, 0.3) is 0 Å². The second kappa shape index (κ2) is 4.63. The number of halogens is 2. The third-order valence-corrected chi connectivity index (χ3v) is 5.53. The van der Waals surface area contributed by atoms with Gasteiger partial charge in [0.15, 0.2) is 9.84 Å². The molecule has 16 heavy (non-hydrogen) atoms. The molecule has 88 valence electrons. The van der Waals surface area contributed by atoms with E-state index in [1.54, 1.807) is 0 Å². The predicted octanol–water partition coefficient (Wildman–Crippen LogP) is 3.07. The minimum absolute atomic E-state index is 0.0579. The molecule has 1 saturated carbocycles. The fourth-order valence-electron chi connectivity index (χ4n) is 1.68. The highest BCUT2D eigenvalue weighted by Crippen LogP contribution is 2.31. The van der Waals surface area contributed by atoms with E-state index < -0.39 is 9.84 Å². The highest BCUT2D eigenvalue weighted by molar-refractivity contribution is 9.10. The van der Waals surface area contributed by atoms with Crippen molar-refractivity contribution < 1.29 is 8.42 Å². The van der Waals surface area contributed by atoms with E-state index in [2.05, 4.69) is 20.9 Å². The minimum Gasteiger partial charge on any atom is -0.242 e. The molecule has 0 amide bonds. The lowest BCUT2D eigenvalue weighted by Gasteiger charge is -2.24. The van der Waals surface area contributed by atoms with Crippen molar-refractivity contribution in [3.8, 4) is 0 Å². The van der Waals surface area contributed by atoms with Gasteiger partial charge < -0.3 is 0 Å². The van der Waals surface area contributed by atoms with Gasteiger partial charge in [-0.3, -0.25) is 0 Å². The molecule has 0 aliphatic heterocycles. The van der Waals surface area contributed by atoms with E-state index in [1.165, 1.54) is 12.3 Å². The van der Waals surface area contributed by atoms with Crippen LogP contribution in [0.3, 0.4) is 0 Å². The summed E-state index contributed by atoms with van der Waals surface area (Å²) in [5.74, 6) is 0.477. The highest BCUT2D eigenvalue weighted by Gasteiger charge is 2.27. The number of rotatable bonds is 3. The molecule has 1 fully saturated rings. The van der Waals surface area contributed by atoms with Crippen LogP contribution in [0, 0.1) is 5.92 Å². The van der Waals surface area contributed by atoms with E-state index in [1.807, 2.05) is 0 Å². The maximum Gasteiger partial charge on any atom is 0.181 e. The summed E-state index contributed by atoms with van der Waals surface area (Å²) in [6.07, 6.45) is 4.62. The maximum absolute atomic E-state index is 12.1. The largest absolute Gasteiger partial charge is 0.242 e. The van der Waals surface area contributed by atoms with E-state index in [0.29, 0.717) is 10.4 Å². The summed E-state index contributed by atoms with van der Waals surface area (Å²) in [4.78, 5) is 3.97.